The molecular formula is C22H22O4S. The van der Waals surface area contributed by atoms with Gasteiger partial charge in [0.1, 0.15) is 5.75 Å². The molecule has 0 aliphatic heterocycles. The minimum Gasteiger partial charge on any atom is -0.497 e. The van der Waals surface area contributed by atoms with Crippen LogP contribution in [0.15, 0.2) is 53.9 Å². The van der Waals surface area contributed by atoms with Crippen molar-refractivity contribution >= 4 is 33.9 Å². The van der Waals surface area contributed by atoms with E-state index in [0.717, 1.165) is 27.0 Å². The summed E-state index contributed by atoms with van der Waals surface area (Å²) in [6.45, 7) is 2.09. The van der Waals surface area contributed by atoms with Gasteiger partial charge in [0.25, 0.3) is 0 Å². The predicted molar refractivity (Wildman–Crippen MR) is 108 cm³/mol. The van der Waals surface area contributed by atoms with Crippen LogP contribution in [-0.4, -0.2) is 25.5 Å². The Balaban J connectivity index is 1.53. The van der Waals surface area contributed by atoms with Crippen molar-refractivity contribution in [3.8, 4) is 5.75 Å². The number of fused-ring (bicyclic) bond motifs is 1. The van der Waals surface area contributed by atoms with Crippen LogP contribution in [-0.2, 0) is 9.53 Å². The molecule has 140 valence electrons. The molecular weight excluding hydrogens is 360 g/mol. The fourth-order valence-corrected chi connectivity index (χ4v) is 3.56. The predicted octanol–water partition coefficient (Wildman–Crippen LogP) is 5.22. The highest BCUT2D eigenvalue weighted by Crippen LogP contribution is 2.25. The molecule has 0 bridgehead atoms. The SMILES string of the molecule is COc1ccc2cc([C@H](C)C(=O)OCCCC(=O)c3cccs3)ccc2c1. The van der Waals surface area contributed by atoms with Crippen LogP contribution in [0.2, 0.25) is 0 Å². The number of ether oxygens (including phenoxy) is 2. The Morgan fingerprint density at radius 1 is 1.07 bits per heavy atom. The highest BCUT2D eigenvalue weighted by molar-refractivity contribution is 7.12. The first-order valence-corrected chi connectivity index (χ1v) is 9.77. The van der Waals surface area contributed by atoms with E-state index in [1.165, 1.54) is 11.3 Å². The molecule has 5 heteroatoms. The lowest BCUT2D eigenvalue weighted by molar-refractivity contribution is -0.145. The normalized spacial score (nSPS) is 11.9. The third-order valence-electron chi connectivity index (χ3n) is 4.51. The molecule has 3 aromatic rings. The summed E-state index contributed by atoms with van der Waals surface area (Å²) in [5, 5.41) is 3.99. The van der Waals surface area contributed by atoms with Gasteiger partial charge in [0.05, 0.1) is 24.5 Å². The van der Waals surface area contributed by atoms with E-state index in [9.17, 15) is 9.59 Å². The van der Waals surface area contributed by atoms with Crippen molar-refractivity contribution in [2.75, 3.05) is 13.7 Å². The van der Waals surface area contributed by atoms with Crippen molar-refractivity contribution in [2.45, 2.75) is 25.7 Å². The number of Topliss-reactive ketones (excluding diaryl/α,β-unsaturated/α-hetero) is 1. The summed E-state index contributed by atoms with van der Waals surface area (Å²) in [4.78, 5) is 25.0. The Morgan fingerprint density at radius 3 is 2.59 bits per heavy atom. The smallest absolute Gasteiger partial charge is 0.313 e. The first kappa shape index (κ1) is 19.1. The third-order valence-corrected chi connectivity index (χ3v) is 5.42. The first-order valence-electron chi connectivity index (χ1n) is 8.89. The fraction of sp³-hybridized carbons (Fsp3) is 0.273. The second-order valence-electron chi connectivity index (χ2n) is 6.37. The molecule has 0 N–H and O–H groups in total. The van der Waals surface area contributed by atoms with Gasteiger partial charge >= 0.3 is 5.97 Å². The van der Waals surface area contributed by atoms with Gasteiger partial charge in [-0.1, -0.05) is 30.3 Å². The lowest BCUT2D eigenvalue weighted by Gasteiger charge is -2.13. The number of hydrogen-bond acceptors (Lipinski definition) is 5. The molecule has 1 aromatic heterocycles. The molecule has 2 aromatic carbocycles. The molecule has 0 saturated carbocycles. The molecule has 0 spiro atoms. The van der Waals surface area contributed by atoms with Gasteiger partial charge in [0, 0.05) is 6.42 Å². The number of hydrogen-bond donors (Lipinski definition) is 0. The quantitative estimate of drug-likeness (QED) is 0.304. The van der Waals surface area contributed by atoms with Crippen LogP contribution in [0.25, 0.3) is 10.8 Å². The molecule has 27 heavy (non-hydrogen) atoms. The van der Waals surface area contributed by atoms with Crippen LogP contribution in [0, 0.1) is 0 Å². The monoisotopic (exact) mass is 382 g/mol. The number of ketones is 1. The zero-order valence-corrected chi connectivity index (χ0v) is 16.3. The first-order chi connectivity index (χ1) is 13.1. The van der Waals surface area contributed by atoms with E-state index < -0.39 is 0 Å². The average molecular weight is 382 g/mol. The summed E-state index contributed by atoms with van der Waals surface area (Å²) in [5.41, 5.74) is 0.910. The zero-order chi connectivity index (χ0) is 19.2. The highest BCUT2D eigenvalue weighted by Gasteiger charge is 2.17. The zero-order valence-electron chi connectivity index (χ0n) is 15.4. The lowest BCUT2D eigenvalue weighted by Crippen LogP contribution is -2.14. The Bertz CT molecular complexity index is 931. The standard InChI is InChI=1S/C22H22O4S/c1-15(16-7-8-18-14-19(25-2)10-9-17(18)13-16)22(24)26-11-3-5-20(23)21-6-4-12-27-21/h4,6-10,12-15H,3,5,11H2,1-2H3/t15-/m0/s1. The van der Waals surface area contributed by atoms with Crippen LogP contribution < -0.4 is 4.74 Å². The van der Waals surface area contributed by atoms with Gasteiger partial charge < -0.3 is 9.47 Å². The number of thiophene rings is 1. The summed E-state index contributed by atoms with van der Waals surface area (Å²) >= 11 is 1.44. The maximum atomic E-state index is 12.3. The second-order valence-corrected chi connectivity index (χ2v) is 7.31. The van der Waals surface area contributed by atoms with Crippen molar-refractivity contribution in [3.63, 3.8) is 0 Å². The van der Waals surface area contributed by atoms with Gasteiger partial charge in [-0.2, -0.15) is 0 Å². The summed E-state index contributed by atoms with van der Waals surface area (Å²) in [7, 11) is 1.64. The van der Waals surface area contributed by atoms with Crippen LogP contribution in [0.1, 0.15) is 40.9 Å². The molecule has 0 amide bonds. The third kappa shape index (κ3) is 4.74. The van der Waals surface area contributed by atoms with Crippen LogP contribution in [0.4, 0.5) is 0 Å². The van der Waals surface area contributed by atoms with Crippen molar-refractivity contribution in [2.24, 2.45) is 0 Å². The number of carbonyl (C=O) groups excluding carboxylic acids is 2. The van der Waals surface area contributed by atoms with Gasteiger partial charge in [-0.3, -0.25) is 9.59 Å². The average Bonchev–Trinajstić information content (AvgIpc) is 3.24. The van der Waals surface area contributed by atoms with Crippen molar-refractivity contribution in [1.29, 1.82) is 0 Å². The van der Waals surface area contributed by atoms with Crippen molar-refractivity contribution < 1.29 is 19.1 Å². The molecule has 3 rings (SSSR count). The number of methoxy groups -OCH3 is 1. The van der Waals surface area contributed by atoms with Gasteiger partial charge in [-0.25, -0.2) is 0 Å². The van der Waals surface area contributed by atoms with E-state index in [1.807, 2.05) is 60.8 Å². The van der Waals surface area contributed by atoms with Gasteiger partial charge in [0.15, 0.2) is 5.78 Å². The van der Waals surface area contributed by atoms with E-state index in [2.05, 4.69) is 0 Å². The molecule has 0 aliphatic rings. The summed E-state index contributed by atoms with van der Waals surface area (Å²) in [6, 6.07) is 15.4. The molecule has 1 heterocycles. The maximum Gasteiger partial charge on any atom is 0.313 e. The largest absolute Gasteiger partial charge is 0.497 e. The van der Waals surface area contributed by atoms with E-state index in [1.54, 1.807) is 7.11 Å². The number of esters is 1. The molecule has 4 nitrogen and oxygen atoms in total. The molecule has 0 aliphatic carbocycles. The number of rotatable bonds is 8. The minimum absolute atomic E-state index is 0.0963. The molecule has 0 radical (unpaired) electrons. The molecule has 0 saturated heterocycles. The van der Waals surface area contributed by atoms with Crippen LogP contribution in [0.5, 0.6) is 5.75 Å². The van der Waals surface area contributed by atoms with Crippen LogP contribution >= 0.6 is 11.3 Å². The summed E-state index contributed by atoms with van der Waals surface area (Å²) in [6.07, 6.45) is 0.923. The second kappa shape index (κ2) is 8.82. The van der Waals surface area contributed by atoms with Gasteiger partial charge in [-0.05, 0) is 53.3 Å². The van der Waals surface area contributed by atoms with E-state index in [4.69, 9.17) is 9.47 Å². The number of carbonyl (C=O) groups is 2. The fourth-order valence-electron chi connectivity index (χ4n) is 2.87. The number of benzene rings is 2. The van der Waals surface area contributed by atoms with Crippen molar-refractivity contribution in [1.82, 2.24) is 0 Å². The van der Waals surface area contributed by atoms with Crippen molar-refractivity contribution in [3.05, 3.63) is 64.4 Å². The summed E-state index contributed by atoms with van der Waals surface area (Å²) in [5.74, 6) is 0.273. The van der Waals surface area contributed by atoms with E-state index >= 15 is 0 Å². The van der Waals surface area contributed by atoms with E-state index in [-0.39, 0.29) is 24.3 Å². The Hall–Kier alpha value is -2.66. The van der Waals surface area contributed by atoms with Gasteiger partial charge in [0.2, 0.25) is 0 Å². The Labute approximate surface area is 162 Å². The summed E-state index contributed by atoms with van der Waals surface area (Å²) < 4.78 is 10.6. The highest BCUT2D eigenvalue weighted by atomic mass is 32.1. The lowest BCUT2D eigenvalue weighted by atomic mass is 9.98. The minimum atomic E-state index is -0.357. The topological polar surface area (TPSA) is 52.6 Å². The van der Waals surface area contributed by atoms with Gasteiger partial charge in [-0.15, -0.1) is 11.3 Å². The molecule has 1 atom stereocenters. The Kier molecular flexibility index (Phi) is 6.24. The maximum absolute atomic E-state index is 12.3. The molecule has 0 fully saturated rings. The van der Waals surface area contributed by atoms with E-state index in [0.29, 0.717) is 12.8 Å². The Morgan fingerprint density at radius 2 is 1.85 bits per heavy atom. The molecule has 0 unspecified atom stereocenters. The van der Waals surface area contributed by atoms with Crippen LogP contribution in [0.3, 0.4) is 0 Å².